The highest BCUT2D eigenvalue weighted by atomic mass is 19.1. The van der Waals surface area contributed by atoms with E-state index in [0.29, 0.717) is 28.2 Å². The number of nitrogens with one attached hydrogen (secondary N) is 1. The van der Waals surface area contributed by atoms with Crippen molar-refractivity contribution in [3.8, 4) is 45.6 Å². The zero-order valence-electron chi connectivity index (χ0n) is 21.4. The first-order valence-electron chi connectivity index (χ1n) is 12.1. The van der Waals surface area contributed by atoms with Gasteiger partial charge in [-0.15, -0.1) is 0 Å². The summed E-state index contributed by atoms with van der Waals surface area (Å²) in [6.45, 7) is 0. The third-order valence-electron chi connectivity index (χ3n) is 6.40. The van der Waals surface area contributed by atoms with Gasteiger partial charge in [-0.25, -0.2) is 8.78 Å². The van der Waals surface area contributed by atoms with Gasteiger partial charge in [0.05, 0.1) is 19.8 Å². The third kappa shape index (κ3) is 4.94. The molecule has 0 unspecified atom stereocenters. The van der Waals surface area contributed by atoms with Crippen molar-refractivity contribution in [2.24, 2.45) is 0 Å². The van der Waals surface area contributed by atoms with Crippen molar-refractivity contribution >= 4 is 0 Å². The fourth-order valence-corrected chi connectivity index (χ4v) is 4.43. The van der Waals surface area contributed by atoms with Crippen LogP contribution in [-0.4, -0.2) is 33.9 Å². The first kappa shape index (κ1) is 26.4. The van der Waals surface area contributed by atoms with Crippen LogP contribution in [0.15, 0.2) is 88.6 Å². The molecule has 0 aliphatic rings. The molecule has 0 spiro atoms. The summed E-state index contributed by atoms with van der Waals surface area (Å²) in [4.78, 5) is 32.9. The van der Waals surface area contributed by atoms with Crippen LogP contribution in [0.25, 0.3) is 28.2 Å². The number of aromatic hydroxyl groups is 1. The predicted molar refractivity (Wildman–Crippen MR) is 145 cm³/mol. The zero-order valence-corrected chi connectivity index (χ0v) is 21.4. The predicted octanol–water partition coefficient (Wildman–Crippen LogP) is 4.85. The number of benzene rings is 3. The van der Waals surface area contributed by atoms with Gasteiger partial charge in [0.15, 0.2) is 5.82 Å². The third-order valence-corrected chi connectivity index (χ3v) is 6.40. The molecule has 0 radical (unpaired) electrons. The molecule has 8 nitrogen and oxygen atoms in total. The summed E-state index contributed by atoms with van der Waals surface area (Å²) in [5, 5.41) is 10.9. The minimum Gasteiger partial charge on any atom is -0.494 e. The number of pyridine rings is 1. The smallest absolute Gasteiger partial charge is 0.266 e. The first-order valence-corrected chi connectivity index (χ1v) is 12.1. The normalized spacial score (nSPS) is 10.9. The van der Waals surface area contributed by atoms with Crippen LogP contribution < -0.4 is 20.6 Å². The van der Waals surface area contributed by atoms with E-state index in [-0.39, 0.29) is 29.1 Å². The molecule has 3 aromatic carbocycles. The minimum atomic E-state index is -0.597. The number of rotatable bonds is 7. The van der Waals surface area contributed by atoms with E-state index in [2.05, 4.69) is 9.97 Å². The summed E-state index contributed by atoms with van der Waals surface area (Å²) < 4.78 is 39.7. The Bertz CT molecular complexity index is 1790. The van der Waals surface area contributed by atoms with E-state index >= 15 is 0 Å². The summed E-state index contributed by atoms with van der Waals surface area (Å²) in [5.41, 5.74) is 0.833. The second kappa shape index (κ2) is 10.9. The maximum absolute atomic E-state index is 14.1. The number of hydrogen-bond donors (Lipinski definition) is 2. The Morgan fingerprint density at radius 3 is 2.12 bits per heavy atom. The fourth-order valence-electron chi connectivity index (χ4n) is 4.43. The Balaban J connectivity index is 1.66. The van der Waals surface area contributed by atoms with Crippen LogP contribution in [0, 0.1) is 11.6 Å². The van der Waals surface area contributed by atoms with Crippen LogP contribution in [0.3, 0.4) is 0 Å². The zero-order chi connectivity index (χ0) is 28.4. The van der Waals surface area contributed by atoms with Crippen LogP contribution in [0.2, 0.25) is 0 Å². The Kier molecular flexibility index (Phi) is 7.15. The van der Waals surface area contributed by atoms with Gasteiger partial charge in [-0.05, 0) is 53.6 Å². The topological polar surface area (TPSA) is 106 Å². The average Bonchev–Trinajstić information content (AvgIpc) is 2.97. The maximum atomic E-state index is 14.1. The summed E-state index contributed by atoms with van der Waals surface area (Å²) in [7, 11) is 2.89. The molecule has 0 bridgehead atoms. The van der Waals surface area contributed by atoms with Crippen LogP contribution in [0.1, 0.15) is 11.1 Å². The molecular weight excluding hydrogens is 520 g/mol. The van der Waals surface area contributed by atoms with E-state index in [9.17, 15) is 23.5 Å². The second-order valence-electron chi connectivity index (χ2n) is 8.83. The Morgan fingerprint density at radius 2 is 1.50 bits per heavy atom. The van der Waals surface area contributed by atoms with Crippen LogP contribution in [0.5, 0.6) is 17.4 Å². The molecule has 40 heavy (non-hydrogen) atoms. The minimum absolute atomic E-state index is 0.0153. The lowest BCUT2D eigenvalue weighted by molar-refractivity contribution is 0.389. The highest BCUT2D eigenvalue weighted by molar-refractivity contribution is 5.66. The van der Waals surface area contributed by atoms with Gasteiger partial charge in [0.1, 0.15) is 28.8 Å². The van der Waals surface area contributed by atoms with E-state index in [4.69, 9.17) is 9.47 Å². The maximum Gasteiger partial charge on any atom is 0.266 e. The van der Waals surface area contributed by atoms with Gasteiger partial charge in [0.2, 0.25) is 5.88 Å². The van der Waals surface area contributed by atoms with Crippen molar-refractivity contribution in [3.63, 3.8) is 0 Å². The van der Waals surface area contributed by atoms with E-state index < -0.39 is 28.6 Å². The van der Waals surface area contributed by atoms with Gasteiger partial charge in [-0.1, -0.05) is 30.3 Å². The number of aromatic nitrogens is 3. The molecule has 0 amide bonds. The summed E-state index contributed by atoms with van der Waals surface area (Å²) in [5.74, 6) is -0.879. The van der Waals surface area contributed by atoms with Crippen molar-refractivity contribution in [2.75, 3.05) is 14.2 Å². The molecule has 5 rings (SSSR count). The molecular formula is C30H23F2N3O5. The quantitative estimate of drug-likeness (QED) is 0.304. The van der Waals surface area contributed by atoms with Crippen molar-refractivity contribution < 1.29 is 23.4 Å². The molecule has 0 saturated heterocycles. The first-order chi connectivity index (χ1) is 19.3. The lowest BCUT2D eigenvalue weighted by atomic mass is 10.0. The van der Waals surface area contributed by atoms with Gasteiger partial charge < -0.3 is 19.6 Å². The molecule has 2 heterocycles. The molecule has 2 aromatic heterocycles. The summed E-state index contributed by atoms with van der Waals surface area (Å²) in [6, 6.07) is 18.1. The largest absolute Gasteiger partial charge is 0.494 e. The van der Waals surface area contributed by atoms with E-state index in [1.165, 1.54) is 43.1 Å². The van der Waals surface area contributed by atoms with Crippen molar-refractivity contribution in [1.82, 2.24) is 14.5 Å². The Hall–Kier alpha value is -5.25. The lowest BCUT2D eigenvalue weighted by Crippen LogP contribution is -2.26. The molecule has 0 fully saturated rings. The van der Waals surface area contributed by atoms with Gasteiger partial charge in [0.25, 0.3) is 11.1 Å². The van der Waals surface area contributed by atoms with Crippen molar-refractivity contribution in [2.45, 2.75) is 6.42 Å². The molecule has 0 aliphatic heterocycles. The lowest BCUT2D eigenvalue weighted by Gasteiger charge is -2.19. The average molecular weight is 544 g/mol. The fraction of sp³-hybridized carbons (Fsp3) is 0.100. The summed E-state index contributed by atoms with van der Waals surface area (Å²) in [6.07, 6.45) is 0.964. The highest BCUT2D eigenvalue weighted by Gasteiger charge is 2.24. The van der Waals surface area contributed by atoms with E-state index in [1.807, 2.05) is 0 Å². The van der Waals surface area contributed by atoms with Gasteiger partial charge in [0, 0.05) is 23.7 Å². The molecule has 202 valence electrons. The molecule has 2 N–H and O–H groups in total. The second-order valence-corrected chi connectivity index (χ2v) is 8.83. The molecule has 5 aromatic rings. The van der Waals surface area contributed by atoms with Crippen LogP contribution in [0.4, 0.5) is 8.78 Å². The molecule has 0 saturated carbocycles. The number of hydrogen-bond acceptors (Lipinski definition) is 6. The number of nitrogens with zero attached hydrogens (tertiary/aromatic N) is 2. The van der Waals surface area contributed by atoms with E-state index in [0.717, 1.165) is 12.3 Å². The number of H-pyrrole nitrogens is 1. The number of para-hydroxylation sites is 1. The number of halogens is 2. The van der Waals surface area contributed by atoms with Crippen molar-refractivity contribution in [3.05, 3.63) is 122 Å². The molecule has 10 heteroatoms. The van der Waals surface area contributed by atoms with Crippen molar-refractivity contribution in [1.29, 1.82) is 0 Å². The SMILES string of the molecule is COc1cccc(OC)c1-n1c(-c2ccc(F)cc2)nc(O)c(Cc2ccc(-c3cc(F)c[nH]c3=O)cc2)c1=O. The van der Waals surface area contributed by atoms with E-state index in [1.54, 1.807) is 42.5 Å². The number of ether oxygens (including phenoxy) is 2. The van der Waals surface area contributed by atoms with Gasteiger partial charge >= 0.3 is 0 Å². The van der Waals surface area contributed by atoms with Gasteiger partial charge in [-0.3, -0.25) is 14.2 Å². The highest BCUT2D eigenvalue weighted by Crippen LogP contribution is 2.35. The number of aromatic amines is 1. The number of methoxy groups -OCH3 is 2. The van der Waals surface area contributed by atoms with Gasteiger partial charge in [-0.2, -0.15) is 4.98 Å². The molecule has 0 aliphatic carbocycles. The summed E-state index contributed by atoms with van der Waals surface area (Å²) >= 11 is 0. The van der Waals surface area contributed by atoms with Crippen LogP contribution in [-0.2, 0) is 6.42 Å². The monoisotopic (exact) mass is 543 g/mol. The van der Waals surface area contributed by atoms with Crippen LogP contribution >= 0.6 is 0 Å². The Morgan fingerprint density at radius 1 is 0.875 bits per heavy atom. The molecule has 0 atom stereocenters. The standard InChI is InChI=1S/C30H23F2N3O5/c1-39-24-4-3-5-25(40-2)26(24)35-27(19-10-12-20(31)13-11-19)34-29(37)23(30(35)38)14-17-6-8-18(9-7-17)22-15-21(32)16-33-28(22)36/h3-13,15-16,37H,14H2,1-2H3,(H,33,36). The Labute approximate surface area is 226 Å².